The van der Waals surface area contributed by atoms with Crippen molar-refractivity contribution in [2.45, 2.75) is 43.3 Å². The number of fused-ring (bicyclic) bond motifs is 2. The van der Waals surface area contributed by atoms with E-state index in [0.717, 1.165) is 12.8 Å². The van der Waals surface area contributed by atoms with Gasteiger partial charge < -0.3 is 15.4 Å². The number of nitrogens with two attached hydrogens (primary N) is 1. The number of nitrogens with zero attached hydrogens (tertiary/aromatic N) is 1. The molecule has 2 fully saturated rings. The van der Waals surface area contributed by atoms with E-state index in [-0.39, 0.29) is 5.54 Å². The largest absolute Gasteiger partial charge is 0.383 e. The van der Waals surface area contributed by atoms with Crippen molar-refractivity contribution in [3.8, 4) is 0 Å². The van der Waals surface area contributed by atoms with Crippen LogP contribution in [0.2, 0.25) is 0 Å². The second kappa shape index (κ2) is 3.23. The average molecular weight is 184 g/mol. The van der Waals surface area contributed by atoms with Gasteiger partial charge in [-0.15, -0.1) is 0 Å². The Balaban J connectivity index is 2.05. The molecule has 0 spiro atoms. The third-order valence-electron chi connectivity index (χ3n) is 3.70. The van der Waals surface area contributed by atoms with E-state index in [1.165, 1.54) is 12.8 Å². The highest BCUT2D eigenvalue weighted by Crippen LogP contribution is 2.38. The molecule has 3 heteroatoms. The van der Waals surface area contributed by atoms with Crippen molar-refractivity contribution in [2.24, 2.45) is 5.73 Å². The minimum Gasteiger partial charge on any atom is -0.383 e. The molecular weight excluding hydrogens is 164 g/mol. The van der Waals surface area contributed by atoms with Gasteiger partial charge in [-0.2, -0.15) is 0 Å². The predicted molar refractivity (Wildman–Crippen MR) is 52.6 cm³/mol. The summed E-state index contributed by atoms with van der Waals surface area (Å²) in [4.78, 5) is 2.50. The minimum absolute atomic E-state index is 0.0485. The van der Waals surface area contributed by atoms with Gasteiger partial charge in [-0.25, -0.2) is 0 Å². The predicted octanol–water partition coefficient (Wildman–Crippen LogP) is 0.587. The third-order valence-corrected chi connectivity index (χ3v) is 3.70. The molecule has 2 aliphatic rings. The Bertz CT molecular complexity index is 181. The summed E-state index contributed by atoms with van der Waals surface area (Å²) in [5, 5.41) is 0. The zero-order valence-electron chi connectivity index (χ0n) is 8.62. The number of hydrogen-bond acceptors (Lipinski definition) is 3. The molecule has 13 heavy (non-hydrogen) atoms. The standard InChI is InChI=1S/C10H20N2O/c1-12-8-3-4-9(12)6-10(11,5-8)7-13-2/h8-9H,3-7,11H2,1-2H3. The molecule has 2 atom stereocenters. The monoisotopic (exact) mass is 184 g/mol. The van der Waals surface area contributed by atoms with Gasteiger partial charge >= 0.3 is 0 Å². The zero-order chi connectivity index (χ0) is 9.47. The Morgan fingerprint density at radius 2 is 1.92 bits per heavy atom. The quantitative estimate of drug-likeness (QED) is 0.682. The number of hydrogen-bond donors (Lipinski definition) is 1. The van der Waals surface area contributed by atoms with Gasteiger partial charge in [-0.3, -0.25) is 0 Å². The van der Waals surface area contributed by atoms with E-state index in [1.54, 1.807) is 7.11 Å². The fraction of sp³-hybridized carbons (Fsp3) is 1.00. The fourth-order valence-corrected chi connectivity index (χ4v) is 3.01. The van der Waals surface area contributed by atoms with E-state index in [2.05, 4.69) is 11.9 Å². The van der Waals surface area contributed by atoms with Crippen LogP contribution in [0.3, 0.4) is 0 Å². The van der Waals surface area contributed by atoms with Crippen molar-refractivity contribution < 1.29 is 4.74 Å². The normalized spacial score (nSPS) is 45.5. The molecule has 2 heterocycles. The third kappa shape index (κ3) is 1.60. The van der Waals surface area contributed by atoms with Gasteiger partial charge in [0.1, 0.15) is 0 Å². The van der Waals surface area contributed by atoms with Crippen LogP contribution < -0.4 is 5.73 Å². The molecule has 76 valence electrons. The Morgan fingerprint density at radius 1 is 1.38 bits per heavy atom. The van der Waals surface area contributed by atoms with Crippen LogP contribution in [0.4, 0.5) is 0 Å². The number of methoxy groups -OCH3 is 1. The molecule has 2 bridgehead atoms. The van der Waals surface area contributed by atoms with Crippen LogP contribution in [-0.2, 0) is 4.74 Å². The summed E-state index contributed by atoms with van der Waals surface area (Å²) in [5.41, 5.74) is 6.25. The van der Waals surface area contributed by atoms with Gasteiger partial charge in [0.25, 0.3) is 0 Å². The maximum Gasteiger partial charge on any atom is 0.0643 e. The first-order valence-electron chi connectivity index (χ1n) is 5.14. The van der Waals surface area contributed by atoms with Crippen molar-refractivity contribution in [1.82, 2.24) is 4.90 Å². The van der Waals surface area contributed by atoms with Crippen LogP contribution in [0.5, 0.6) is 0 Å². The molecule has 2 N–H and O–H groups in total. The first-order valence-corrected chi connectivity index (χ1v) is 5.14. The highest BCUT2D eigenvalue weighted by atomic mass is 16.5. The van der Waals surface area contributed by atoms with E-state index in [9.17, 15) is 0 Å². The van der Waals surface area contributed by atoms with Gasteiger partial charge in [0.05, 0.1) is 6.61 Å². The van der Waals surface area contributed by atoms with E-state index >= 15 is 0 Å². The molecule has 0 aliphatic carbocycles. The molecule has 0 aromatic rings. The summed E-state index contributed by atoms with van der Waals surface area (Å²) >= 11 is 0. The summed E-state index contributed by atoms with van der Waals surface area (Å²) in [6, 6.07) is 1.41. The van der Waals surface area contributed by atoms with E-state index < -0.39 is 0 Å². The van der Waals surface area contributed by atoms with Crippen LogP contribution in [0, 0.1) is 0 Å². The second-order valence-electron chi connectivity index (χ2n) is 4.75. The van der Waals surface area contributed by atoms with Crippen molar-refractivity contribution >= 4 is 0 Å². The first kappa shape index (κ1) is 9.44. The van der Waals surface area contributed by atoms with Crippen LogP contribution in [0.15, 0.2) is 0 Å². The molecule has 0 saturated carbocycles. The Kier molecular flexibility index (Phi) is 2.34. The molecular formula is C10H20N2O. The summed E-state index contributed by atoms with van der Waals surface area (Å²) in [5.74, 6) is 0. The Morgan fingerprint density at radius 3 is 2.38 bits per heavy atom. The van der Waals surface area contributed by atoms with Crippen LogP contribution >= 0.6 is 0 Å². The van der Waals surface area contributed by atoms with Gasteiger partial charge in [-0.05, 0) is 32.7 Å². The molecule has 0 amide bonds. The lowest BCUT2D eigenvalue weighted by Crippen LogP contribution is -2.56. The van der Waals surface area contributed by atoms with Crippen LogP contribution in [0.1, 0.15) is 25.7 Å². The molecule has 2 saturated heterocycles. The molecule has 0 aromatic heterocycles. The van der Waals surface area contributed by atoms with Gasteiger partial charge in [0.15, 0.2) is 0 Å². The summed E-state index contributed by atoms with van der Waals surface area (Å²) in [6.07, 6.45) is 4.86. The Labute approximate surface area is 80.2 Å². The molecule has 0 radical (unpaired) electrons. The number of ether oxygens (including phenoxy) is 1. The fourth-order valence-electron chi connectivity index (χ4n) is 3.01. The summed E-state index contributed by atoms with van der Waals surface area (Å²) in [6.45, 7) is 0.716. The maximum atomic E-state index is 6.30. The molecule has 0 aromatic carbocycles. The summed E-state index contributed by atoms with van der Waals surface area (Å²) in [7, 11) is 3.98. The van der Waals surface area contributed by atoms with E-state index in [1.807, 2.05) is 0 Å². The highest BCUT2D eigenvalue weighted by Gasteiger charge is 2.44. The highest BCUT2D eigenvalue weighted by molar-refractivity contribution is 5.03. The lowest BCUT2D eigenvalue weighted by atomic mass is 9.85. The molecule has 2 unspecified atom stereocenters. The maximum absolute atomic E-state index is 6.30. The van der Waals surface area contributed by atoms with Crippen LogP contribution in [0.25, 0.3) is 0 Å². The smallest absolute Gasteiger partial charge is 0.0643 e. The lowest BCUT2D eigenvalue weighted by molar-refractivity contribution is 0.0513. The average Bonchev–Trinajstić information content (AvgIpc) is 2.34. The van der Waals surface area contributed by atoms with E-state index in [0.29, 0.717) is 18.7 Å². The topological polar surface area (TPSA) is 38.5 Å². The van der Waals surface area contributed by atoms with Crippen LogP contribution in [-0.4, -0.2) is 43.3 Å². The number of rotatable bonds is 2. The second-order valence-corrected chi connectivity index (χ2v) is 4.75. The molecule has 3 nitrogen and oxygen atoms in total. The SMILES string of the molecule is COCC1(N)CC2CCC(C1)N2C. The zero-order valence-corrected chi connectivity index (χ0v) is 8.62. The van der Waals surface area contributed by atoms with Crippen molar-refractivity contribution in [3.63, 3.8) is 0 Å². The molecule has 2 rings (SSSR count). The lowest BCUT2D eigenvalue weighted by Gasteiger charge is -2.42. The van der Waals surface area contributed by atoms with Gasteiger partial charge in [0.2, 0.25) is 0 Å². The van der Waals surface area contributed by atoms with Crippen molar-refractivity contribution in [3.05, 3.63) is 0 Å². The van der Waals surface area contributed by atoms with E-state index in [4.69, 9.17) is 10.5 Å². The van der Waals surface area contributed by atoms with Gasteiger partial charge in [-0.1, -0.05) is 0 Å². The van der Waals surface area contributed by atoms with Crippen molar-refractivity contribution in [1.29, 1.82) is 0 Å². The Hall–Kier alpha value is -0.120. The van der Waals surface area contributed by atoms with Crippen molar-refractivity contribution in [2.75, 3.05) is 20.8 Å². The number of piperidine rings is 1. The molecule has 2 aliphatic heterocycles. The minimum atomic E-state index is -0.0485. The summed E-state index contributed by atoms with van der Waals surface area (Å²) < 4.78 is 5.20. The first-order chi connectivity index (χ1) is 6.14. The van der Waals surface area contributed by atoms with Gasteiger partial charge in [0, 0.05) is 24.7 Å².